The number of thiophene rings is 1. The van der Waals surface area contributed by atoms with E-state index in [1.165, 1.54) is 5.56 Å². The normalized spacial score (nSPS) is 12.2. The number of nitrogens with one attached hydrogen (secondary N) is 1. The van der Waals surface area contributed by atoms with Gasteiger partial charge < -0.3 is 5.32 Å². The lowest BCUT2D eigenvalue weighted by molar-refractivity contribution is 0.0927. The molecule has 3 rings (SSSR count). The average molecular weight is 318 g/mol. The number of carbonyl (C=O) groups is 1. The number of aryl methyl sites for hydroxylation is 1. The highest BCUT2D eigenvalue weighted by atomic mass is 32.1. The van der Waals surface area contributed by atoms with Crippen molar-refractivity contribution in [3.05, 3.63) is 56.9 Å². The van der Waals surface area contributed by atoms with Crippen molar-refractivity contribution in [1.82, 2.24) is 20.1 Å². The van der Waals surface area contributed by atoms with E-state index in [9.17, 15) is 4.79 Å². The largest absolute Gasteiger partial charge is 0.341 e. The summed E-state index contributed by atoms with van der Waals surface area (Å²) in [6.45, 7) is 0. The molecule has 0 saturated heterocycles. The molecule has 1 amide bonds. The van der Waals surface area contributed by atoms with Gasteiger partial charge in [0, 0.05) is 31.2 Å². The average Bonchev–Trinajstić information content (AvgIpc) is 3.20. The van der Waals surface area contributed by atoms with E-state index in [-0.39, 0.29) is 11.9 Å². The quantitative estimate of drug-likeness (QED) is 0.787. The third-order valence-corrected chi connectivity index (χ3v) is 4.75. The lowest BCUT2D eigenvalue weighted by Gasteiger charge is -2.16. The molecule has 1 atom stereocenters. The maximum absolute atomic E-state index is 12.4. The van der Waals surface area contributed by atoms with Crippen molar-refractivity contribution in [2.45, 2.75) is 12.5 Å². The van der Waals surface area contributed by atoms with Crippen molar-refractivity contribution in [3.8, 4) is 0 Å². The Morgan fingerprint density at radius 1 is 1.38 bits per heavy atom. The first-order chi connectivity index (χ1) is 10.2. The predicted molar refractivity (Wildman–Crippen MR) is 83.6 cm³/mol. The second-order valence-electron chi connectivity index (χ2n) is 4.57. The highest BCUT2D eigenvalue weighted by Crippen LogP contribution is 2.22. The van der Waals surface area contributed by atoms with E-state index in [2.05, 4.69) is 26.8 Å². The van der Waals surface area contributed by atoms with Crippen LogP contribution in [0.25, 0.3) is 0 Å². The topological polar surface area (TPSA) is 59.8 Å². The summed E-state index contributed by atoms with van der Waals surface area (Å²) in [6, 6.07) is 3.65. The molecule has 0 aliphatic heterocycles. The van der Waals surface area contributed by atoms with E-state index in [0.717, 1.165) is 11.4 Å². The van der Waals surface area contributed by atoms with Crippen molar-refractivity contribution in [1.29, 1.82) is 0 Å². The zero-order chi connectivity index (χ0) is 14.7. The van der Waals surface area contributed by atoms with Gasteiger partial charge in [0.05, 0.1) is 6.04 Å². The van der Waals surface area contributed by atoms with E-state index in [0.29, 0.717) is 5.69 Å². The number of rotatable bonds is 5. The van der Waals surface area contributed by atoms with Crippen molar-refractivity contribution < 1.29 is 4.79 Å². The number of nitrogens with zero attached hydrogens (tertiary/aromatic N) is 3. The van der Waals surface area contributed by atoms with Gasteiger partial charge in [-0.25, -0.2) is 4.98 Å². The summed E-state index contributed by atoms with van der Waals surface area (Å²) >= 11 is 3.21. The molecule has 108 valence electrons. The molecule has 7 heteroatoms. The number of amides is 1. The fraction of sp³-hybridized carbons (Fsp3) is 0.214. The second-order valence-corrected chi connectivity index (χ2v) is 6.28. The minimum Gasteiger partial charge on any atom is -0.341 e. The van der Waals surface area contributed by atoms with Crippen LogP contribution in [0.15, 0.2) is 40.7 Å². The van der Waals surface area contributed by atoms with Crippen molar-refractivity contribution >= 4 is 28.6 Å². The molecule has 0 radical (unpaired) electrons. The molecular formula is C14H14N4OS2. The maximum Gasteiger partial charge on any atom is 0.270 e. The number of aromatic nitrogens is 3. The first-order valence-electron chi connectivity index (χ1n) is 6.43. The number of hydrogen-bond acceptors (Lipinski definition) is 5. The van der Waals surface area contributed by atoms with Gasteiger partial charge in [0.25, 0.3) is 5.91 Å². The Morgan fingerprint density at radius 2 is 2.29 bits per heavy atom. The summed E-state index contributed by atoms with van der Waals surface area (Å²) in [5, 5.41) is 14.1. The Bertz CT molecular complexity index is 703. The van der Waals surface area contributed by atoms with E-state index in [1.54, 1.807) is 52.9 Å². The van der Waals surface area contributed by atoms with Crippen LogP contribution in [0.1, 0.15) is 27.1 Å². The third kappa shape index (κ3) is 3.20. The molecule has 1 N–H and O–H groups in total. The summed E-state index contributed by atoms with van der Waals surface area (Å²) in [4.78, 5) is 16.7. The van der Waals surface area contributed by atoms with E-state index < -0.39 is 0 Å². The standard InChI is InChI=1S/C14H14N4OS2/c1-18-12(2-4-16-18)13(19)17-11(14-15-5-7-21-14)8-10-3-6-20-9-10/h2-7,9,11H,8H2,1H3,(H,17,19)/t11-/m1/s1. The van der Waals surface area contributed by atoms with Crippen LogP contribution in [0, 0.1) is 0 Å². The zero-order valence-corrected chi connectivity index (χ0v) is 13.0. The fourth-order valence-electron chi connectivity index (χ4n) is 2.08. The van der Waals surface area contributed by atoms with E-state index in [1.807, 2.05) is 10.8 Å². The van der Waals surface area contributed by atoms with Crippen molar-refractivity contribution in [2.24, 2.45) is 7.05 Å². The molecule has 0 aliphatic carbocycles. The lowest BCUT2D eigenvalue weighted by Crippen LogP contribution is -2.31. The summed E-state index contributed by atoms with van der Waals surface area (Å²) < 4.78 is 1.57. The highest BCUT2D eigenvalue weighted by Gasteiger charge is 2.20. The molecule has 3 heterocycles. The summed E-state index contributed by atoms with van der Waals surface area (Å²) in [6.07, 6.45) is 4.11. The zero-order valence-electron chi connectivity index (χ0n) is 11.4. The SMILES string of the molecule is Cn1nccc1C(=O)N[C@H](Cc1ccsc1)c1nccs1. The minimum atomic E-state index is -0.134. The molecule has 0 bridgehead atoms. The molecule has 0 fully saturated rings. The van der Waals surface area contributed by atoms with Gasteiger partial charge in [0.2, 0.25) is 0 Å². The van der Waals surface area contributed by atoms with Crippen LogP contribution < -0.4 is 5.32 Å². The van der Waals surface area contributed by atoms with Crippen LogP contribution in [0.4, 0.5) is 0 Å². The molecule has 3 aromatic rings. The van der Waals surface area contributed by atoms with Gasteiger partial charge in [0.1, 0.15) is 10.7 Å². The number of carbonyl (C=O) groups excluding carboxylic acids is 1. The summed E-state index contributed by atoms with van der Waals surface area (Å²) in [5.41, 5.74) is 1.74. The smallest absolute Gasteiger partial charge is 0.270 e. The van der Waals surface area contributed by atoms with Crippen molar-refractivity contribution in [2.75, 3.05) is 0 Å². The van der Waals surface area contributed by atoms with Gasteiger partial charge in [-0.2, -0.15) is 16.4 Å². The van der Waals surface area contributed by atoms with Gasteiger partial charge in [0.15, 0.2) is 0 Å². The first-order valence-corrected chi connectivity index (χ1v) is 8.25. The predicted octanol–water partition coefficient (Wildman–Crippen LogP) is 2.65. The van der Waals surface area contributed by atoms with Crippen LogP contribution in [-0.2, 0) is 13.5 Å². The second kappa shape index (κ2) is 6.19. The van der Waals surface area contributed by atoms with Crippen LogP contribution >= 0.6 is 22.7 Å². The molecule has 3 aromatic heterocycles. The first kappa shape index (κ1) is 14.0. The molecule has 0 spiro atoms. The summed E-state index contributed by atoms with van der Waals surface area (Å²) in [7, 11) is 1.76. The van der Waals surface area contributed by atoms with Gasteiger partial charge in [-0.15, -0.1) is 11.3 Å². The number of hydrogen-bond donors (Lipinski definition) is 1. The van der Waals surface area contributed by atoms with Gasteiger partial charge in [-0.05, 0) is 28.5 Å². The Kier molecular flexibility index (Phi) is 4.12. The lowest BCUT2D eigenvalue weighted by atomic mass is 10.1. The van der Waals surface area contributed by atoms with E-state index >= 15 is 0 Å². The highest BCUT2D eigenvalue weighted by molar-refractivity contribution is 7.09. The van der Waals surface area contributed by atoms with Gasteiger partial charge in [-0.1, -0.05) is 0 Å². The van der Waals surface area contributed by atoms with Gasteiger partial charge >= 0.3 is 0 Å². The van der Waals surface area contributed by atoms with Crippen LogP contribution in [0.5, 0.6) is 0 Å². The van der Waals surface area contributed by atoms with Crippen molar-refractivity contribution in [3.63, 3.8) is 0 Å². The summed E-state index contributed by atoms with van der Waals surface area (Å²) in [5.74, 6) is -0.134. The Morgan fingerprint density at radius 3 is 2.90 bits per heavy atom. The monoisotopic (exact) mass is 318 g/mol. The van der Waals surface area contributed by atoms with Crippen LogP contribution in [0.2, 0.25) is 0 Å². The Balaban J connectivity index is 1.79. The Labute approximate surface area is 130 Å². The van der Waals surface area contributed by atoms with Crippen LogP contribution in [0.3, 0.4) is 0 Å². The molecule has 0 saturated carbocycles. The number of thiazole rings is 1. The molecule has 5 nitrogen and oxygen atoms in total. The van der Waals surface area contributed by atoms with E-state index in [4.69, 9.17) is 0 Å². The maximum atomic E-state index is 12.4. The molecular weight excluding hydrogens is 304 g/mol. The van der Waals surface area contributed by atoms with Crippen LogP contribution in [-0.4, -0.2) is 20.7 Å². The third-order valence-electron chi connectivity index (χ3n) is 3.13. The fourth-order valence-corrected chi connectivity index (χ4v) is 3.45. The molecule has 21 heavy (non-hydrogen) atoms. The van der Waals surface area contributed by atoms with Gasteiger partial charge in [-0.3, -0.25) is 9.48 Å². The minimum absolute atomic E-state index is 0.123. The molecule has 0 aromatic carbocycles. The Hall–Kier alpha value is -1.99. The molecule has 0 aliphatic rings. The molecule has 0 unspecified atom stereocenters.